The van der Waals surface area contributed by atoms with Crippen LogP contribution in [0.3, 0.4) is 0 Å². The SMILES string of the molecule is C/C(=C/C(=O)c1ccccc1)c1cc2c3c(c1OO)CCCN3CCC2. The van der Waals surface area contributed by atoms with Crippen molar-refractivity contribution >= 4 is 17.0 Å². The highest BCUT2D eigenvalue weighted by Crippen LogP contribution is 2.44. The second kappa shape index (κ2) is 6.96. The monoisotopic (exact) mass is 349 g/mol. The van der Waals surface area contributed by atoms with E-state index in [0.717, 1.165) is 55.5 Å². The highest BCUT2D eigenvalue weighted by Gasteiger charge is 2.29. The standard InChI is InChI=1S/C22H23NO3/c1-15(13-20(24)16-7-3-2-4-8-16)19-14-17-9-5-11-23-12-6-10-18(21(17)23)22(19)26-25/h2-4,7-8,13-14,25H,5-6,9-12H2,1H3/b15-13-. The van der Waals surface area contributed by atoms with Gasteiger partial charge in [-0.2, -0.15) is 0 Å². The number of hydrogen-bond donors (Lipinski definition) is 1. The van der Waals surface area contributed by atoms with E-state index in [0.29, 0.717) is 11.3 Å². The molecule has 134 valence electrons. The third kappa shape index (κ3) is 2.90. The van der Waals surface area contributed by atoms with Crippen molar-refractivity contribution in [2.24, 2.45) is 0 Å². The molecular weight excluding hydrogens is 326 g/mol. The van der Waals surface area contributed by atoms with Crippen LogP contribution in [-0.4, -0.2) is 24.1 Å². The summed E-state index contributed by atoms with van der Waals surface area (Å²) in [6, 6.07) is 11.3. The van der Waals surface area contributed by atoms with Gasteiger partial charge in [-0.05, 0) is 55.9 Å². The molecule has 4 rings (SSSR count). The summed E-state index contributed by atoms with van der Waals surface area (Å²) in [4.78, 5) is 19.8. The Hall–Kier alpha value is -2.59. The first kappa shape index (κ1) is 16.9. The smallest absolute Gasteiger partial charge is 0.186 e. The molecule has 2 aliphatic rings. The van der Waals surface area contributed by atoms with Crippen molar-refractivity contribution in [3.05, 3.63) is 64.7 Å². The molecule has 0 saturated carbocycles. The number of carbonyl (C=O) groups excluding carboxylic acids is 1. The van der Waals surface area contributed by atoms with Crippen LogP contribution in [0.25, 0.3) is 5.57 Å². The number of anilines is 1. The molecule has 0 aromatic heterocycles. The van der Waals surface area contributed by atoms with Crippen LogP contribution in [0.2, 0.25) is 0 Å². The summed E-state index contributed by atoms with van der Waals surface area (Å²) in [6.07, 6.45) is 5.74. The van der Waals surface area contributed by atoms with E-state index < -0.39 is 0 Å². The number of hydrogen-bond acceptors (Lipinski definition) is 4. The lowest BCUT2D eigenvalue weighted by Crippen LogP contribution is -2.34. The van der Waals surface area contributed by atoms with Gasteiger partial charge in [-0.15, -0.1) is 0 Å². The van der Waals surface area contributed by atoms with Crippen LogP contribution in [0.4, 0.5) is 5.69 Å². The predicted molar refractivity (Wildman–Crippen MR) is 103 cm³/mol. The summed E-state index contributed by atoms with van der Waals surface area (Å²) in [6.45, 7) is 4.03. The predicted octanol–water partition coefficient (Wildman–Crippen LogP) is 4.52. The molecule has 4 heteroatoms. The van der Waals surface area contributed by atoms with Crippen LogP contribution in [-0.2, 0) is 12.8 Å². The Bertz CT molecular complexity index is 869. The number of benzene rings is 2. The summed E-state index contributed by atoms with van der Waals surface area (Å²) < 4.78 is 0. The second-order valence-corrected chi connectivity index (χ2v) is 7.08. The first-order valence-corrected chi connectivity index (χ1v) is 9.22. The van der Waals surface area contributed by atoms with Gasteiger partial charge in [0.1, 0.15) is 0 Å². The van der Waals surface area contributed by atoms with Crippen LogP contribution < -0.4 is 9.79 Å². The van der Waals surface area contributed by atoms with Gasteiger partial charge in [-0.3, -0.25) is 4.79 Å². The fourth-order valence-electron chi connectivity index (χ4n) is 4.19. The van der Waals surface area contributed by atoms with E-state index in [1.165, 1.54) is 11.3 Å². The second-order valence-electron chi connectivity index (χ2n) is 7.08. The van der Waals surface area contributed by atoms with E-state index >= 15 is 0 Å². The minimum absolute atomic E-state index is 0.0417. The van der Waals surface area contributed by atoms with E-state index in [-0.39, 0.29) is 5.78 Å². The first-order valence-electron chi connectivity index (χ1n) is 9.22. The van der Waals surface area contributed by atoms with Crippen molar-refractivity contribution in [3.63, 3.8) is 0 Å². The fraction of sp³-hybridized carbons (Fsp3) is 0.318. The van der Waals surface area contributed by atoms with Gasteiger partial charge in [0.2, 0.25) is 0 Å². The molecule has 0 aliphatic carbocycles. The summed E-state index contributed by atoms with van der Waals surface area (Å²) >= 11 is 0. The Morgan fingerprint density at radius 3 is 2.62 bits per heavy atom. The lowest BCUT2D eigenvalue weighted by Gasteiger charge is -2.37. The zero-order valence-corrected chi connectivity index (χ0v) is 15.0. The summed E-state index contributed by atoms with van der Waals surface area (Å²) in [5.41, 5.74) is 5.88. The van der Waals surface area contributed by atoms with E-state index in [2.05, 4.69) is 11.0 Å². The van der Waals surface area contributed by atoms with Crippen molar-refractivity contribution in [2.45, 2.75) is 32.6 Å². The van der Waals surface area contributed by atoms with E-state index in [9.17, 15) is 10.1 Å². The molecule has 2 aliphatic heterocycles. The summed E-state index contributed by atoms with van der Waals surface area (Å²) in [7, 11) is 0. The van der Waals surface area contributed by atoms with Crippen molar-refractivity contribution in [1.29, 1.82) is 0 Å². The van der Waals surface area contributed by atoms with Gasteiger partial charge in [0.15, 0.2) is 11.5 Å². The molecule has 0 unspecified atom stereocenters. The van der Waals surface area contributed by atoms with Crippen LogP contribution in [0, 0.1) is 0 Å². The molecule has 0 atom stereocenters. The molecular formula is C22H23NO3. The molecule has 1 N–H and O–H groups in total. The normalized spacial score (nSPS) is 16.2. The van der Waals surface area contributed by atoms with Crippen molar-refractivity contribution in [3.8, 4) is 5.75 Å². The molecule has 2 heterocycles. The Labute approximate surface area is 153 Å². The Kier molecular flexibility index (Phi) is 4.51. The highest BCUT2D eigenvalue weighted by molar-refractivity contribution is 6.08. The van der Waals surface area contributed by atoms with E-state index in [1.54, 1.807) is 6.08 Å². The van der Waals surface area contributed by atoms with Crippen molar-refractivity contribution in [2.75, 3.05) is 18.0 Å². The summed E-state index contributed by atoms with van der Waals surface area (Å²) in [5.74, 6) is 0.463. The van der Waals surface area contributed by atoms with Gasteiger partial charge in [0, 0.05) is 35.5 Å². The van der Waals surface area contributed by atoms with Gasteiger partial charge >= 0.3 is 0 Å². The third-order valence-corrected chi connectivity index (χ3v) is 5.39. The highest BCUT2D eigenvalue weighted by atomic mass is 17.1. The van der Waals surface area contributed by atoms with Gasteiger partial charge in [0.25, 0.3) is 0 Å². The molecule has 4 nitrogen and oxygen atoms in total. The molecule has 0 bridgehead atoms. The number of ketones is 1. The van der Waals surface area contributed by atoms with Crippen molar-refractivity contribution < 1.29 is 14.9 Å². The van der Waals surface area contributed by atoms with Crippen LogP contribution in [0.5, 0.6) is 5.75 Å². The maximum Gasteiger partial charge on any atom is 0.186 e. The Morgan fingerprint density at radius 1 is 1.15 bits per heavy atom. The number of carbonyl (C=O) groups is 1. The zero-order chi connectivity index (χ0) is 18.1. The maximum absolute atomic E-state index is 12.5. The molecule has 26 heavy (non-hydrogen) atoms. The van der Waals surface area contributed by atoms with E-state index in [1.807, 2.05) is 37.3 Å². The molecule has 0 amide bonds. The molecule has 0 spiro atoms. The number of allylic oxidation sites excluding steroid dienone is 2. The van der Waals surface area contributed by atoms with Gasteiger partial charge in [0.05, 0.1) is 0 Å². The number of aryl methyl sites for hydroxylation is 1. The molecule has 2 aromatic carbocycles. The van der Waals surface area contributed by atoms with Gasteiger partial charge in [-0.1, -0.05) is 30.3 Å². The van der Waals surface area contributed by atoms with E-state index in [4.69, 9.17) is 4.89 Å². The largest absolute Gasteiger partial charge is 0.371 e. The van der Waals surface area contributed by atoms with Crippen molar-refractivity contribution in [1.82, 2.24) is 0 Å². The maximum atomic E-state index is 12.5. The quantitative estimate of drug-likeness (QED) is 0.381. The molecule has 2 aromatic rings. The summed E-state index contributed by atoms with van der Waals surface area (Å²) in [5, 5.41) is 9.61. The Morgan fingerprint density at radius 2 is 1.88 bits per heavy atom. The minimum Gasteiger partial charge on any atom is -0.371 e. The lowest BCUT2D eigenvalue weighted by molar-refractivity contribution is -0.138. The average molecular weight is 349 g/mol. The van der Waals surface area contributed by atoms with Gasteiger partial charge in [-0.25, -0.2) is 5.26 Å². The van der Waals surface area contributed by atoms with Crippen LogP contribution >= 0.6 is 0 Å². The average Bonchev–Trinajstić information content (AvgIpc) is 2.68. The minimum atomic E-state index is -0.0417. The third-order valence-electron chi connectivity index (χ3n) is 5.39. The topological polar surface area (TPSA) is 49.8 Å². The number of nitrogens with zero attached hydrogens (tertiary/aromatic N) is 1. The van der Waals surface area contributed by atoms with Crippen LogP contribution in [0.1, 0.15) is 46.8 Å². The van der Waals surface area contributed by atoms with Crippen LogP contribution in [0.15, 0.2) is 42.5 Å². The molecule has 0 fully saturated rings. The molecule has 0 radical (unpaired) electrons. The van der Waals surface area contributed by atoms with Gasteiger partial charge < -0.3 is 9.79 Å². The molecule has 0 saturated heterocycles. The number of rotatable bonds is 4. The Balaban J connectivity index is 1.79. The first-order chi connectivity index (χ1) is 12.7. The zero-order valence-electron chi connectivity index (χ0n) is 15.0. The fourth-order valence-corrected chi connectivity index (χ4v) is 4.19. The lowest BCUT2D eigenvalue weighted by atomic mass is 9.87.